The van der Waals surface area contributed by atoms with Gasteiger partial charge in [-0.25, -0.2) is 4.79 Å². The predicted molar refractivity (Wildman–Crippen MR) is 52.5 cm³/mol. The molecule has 1 aromatic rings. The van der Waals surface area contributed by atoms with Gasteiger partial charge >= 0.3 is 5.97 Å². The number of aromatic nitrogens is 1. The van der Waals surface area contributed by atoms with Gasteiger partial charge in [0.25, 0.3) is 0 Å². The Morgan fingerprint density at radius 1 is 1.79 bits per heavy atom. The third-order valence-corrected chi connectivity index (χ3v) is 2.06. The molecule has 0 aromatic carbocycles. The molecule has 1 atom stereocenters. The maximum Gasteiger partial charge on any atom is 0.356 e. The number of ether oxygens (including phenoxy) is 1. The minimum atomic E-state index is -0.540. The van der Waals surface area contributed by atoms with Crippen LogP contribution in [0.5, 0.6) is 0 Å². The van der Waals surface area contributed by atoms with Crippen molar-refractivity contribution in [2.45, 2.75) is 19.6 Å². The van der Waals surface area contributed by atoms with Gasteiger partial charge in [-0.05, 0) is 13.0 Å². The second-order valence-corrected chi connectivity index (χ2v) is 3.41. The summed E-state index contributed by atoms with van der Waals surface area (Å²) in [5.74, 6) is -0.499. The first-order chi connectivity index (χ1) is 6.56. The molecule has 78 valence electrons. The minimum Gasteiger partial charge on any atom is -0.464 e. The summed E-state index contributed by atoms with van der Waals surface area (Å²) >= 11 is 5.80. The van der Waals surface area contributed by atoms with Crippen LogP contribution in [0.3, 0.4) is 0 Å². The number of hydrogen-bond acceptors (Lipinski definition) is 3. The lowest BCUT2D eigenvalue weighted by Crippen LogP contribution is -2.17. The Morgan fingerprint density at radius 2 is 2.43 bits per heavy atom. The second-order valence-electron chi connectivity index (χ2n) is 3.01. The summed E-state index contributed by atoms with van der Waals surface area (Å²) in [7, 11) is 1.29. The average Bonchev–Trinajstić information content (AvgIpc) is 2.45. The molecular formula is C9H12ClNO3. The molecule has 1 heterocycles. The van der Waals surface area contributed by atoms with Crippen molar-refractivity contribution in [3.05, 3.63) is 23.0 Å². The molecule has 14 heavy (non-hydrogen) atoms. The molecular weight excluding hydrogens is 206 g/mol. The fourth-order valence-corrected chi connectivity index (χ4v) is 1.44. The van der Waals surface area contributed by atoms with Crippen molar-refractivity contribution in [2.24, 2.45) is 0 Å². The molecule has 0 fully saturated rings. The van der Waals surface area contributed by atoms with E-state index in [9.17, 15) is 9.90 Å². The van der Waals surface area contributed by atoms with Gasteiger partial charge in [0, 0.05) is 12.7 Å². The molecule has 4 nitrogen and oxygen atoms in total. The molecule has 0 saturated carbocycles. The number of hydrogen-bond donors (Lipinski definition) is 1. The first-order valence-corrected chi connectivity index (χ1v) is 4.55. The highest BCUT2D eigenvalue weighted by Crippen LogP contribution is 2.18. The number of halogens is 1. The van der Waals surface area contributed by atoms with Gasteiger partial charge in [-0.1, -0.05) is 11.6 Å². The van der Waals surface area contributed by atoms with Crippen molar-refractivity contribution in [1.82, 2.24) is 4.57 Å². The molecule has 0 spiro atoms. The predicted octanol–water partition coefficient (Wildman–Crippen LogP) is 1.31. The zero-order valence-electron chi connectivity index (χ0n) is 8.03. The summed E-state index contributed by atoms with van der Waals surface area (Å²) in [6.45, 7) is 1.95. The average molecular weight is 218 g/mol. The highest BCUT2D eigenvalue weighted by molar-refractivity contribution is 6.33. The summed E-state index contributed by atoms with van der Waals surface area (Å²) in [4.78, 5) is 11.3. The Bertz CT molecular complexity index is 333. The number of carbonyl (C=O) groups is 1. The van der Waals surface area contributed by atoms with Gasteiger partial charge in [-0.15, -0.1) is 0 Å². The quantitative estimate of drug-likeness (QED) is 0.777. The van der Waals surface area contributed by atoms with Gasteiger partial charge < -0.3 is 14.4 Å². The standard InChI is InChI=1S/C9H12ClNO3/c1-6(12)5-11-4-3-7(10)8(11)9(13)14-2/h3-4,6,12H,5H2,1-2H3. The number of rotatable bonds is 3. The van der Waals surface area contributed by atoms with Crippen molar-refractivity contribution < 1.29 is 14.6 Å². The largest absolute Gasteiger partial charge is 0.464 e. The number of carbonyl (C=O) groups excluding carboxylic acids is 1. The van der Waals surface area contributed by atoms with Gasteiger partial charge in [0.15, 0.2) is 0 Å². The number of nitrogens with zero attached hydrogens (tertiary/aromatic N) is 1. The van der Waals surface area contributed by atoms with E-state index < -0.39 is 12.1 Å². The lowest BCUT2D eigenvalue weighted by molar-refractivity contribution is 0.0585. The summed E-state index contributed by atoms with van der Waals surface area (Å²) in [5.41, 5.74) is 0.273. The minimum absolute atomic E-state index is 0.273. The van der Waals surface area contributed by atoms with Gasteiger partial charge in [-0.2, -0.15) is 0 Å². The molecule has 0 saturated heterocycles. The Morgan fingerprint density at radius 3 is 2.93 bits per heavy atom. The normalized spacial score (nSPS) is 12.6. The summed E-state index contributed by atoms with van der Waals surface area (Å²) in [6.07, 6.45) is 1.10. The molecule has 5 heteroatoms. The van der Waals surface area contributed by atoms with E-state index in [1.54, 1.807) is 23.8 Å². The lowest BCUT2D eigenvalue weighted by Gasteiger charge is -2.09. The van der Waals surface area contributed by atoms with E-state index in [0.717, 1.165) is 0 Å². The number of aliphatic hydroxyl groups excluding tert-OH is 1. The summed E-state index contributed by atoms with van der Waals surface area (Å²) in [6, 6.07) is 1.59. The van der Waals surface area contributed by atoms with Crippen LogP contribution in [0.4, 0.5) is 0 Å². The number of esters is 1. The molecule has 1 unspecified atom stereocenters. The van der Waals surface area contributed by atoms with Crippen molar-refractivity contribution >= 4 is 17.6 Å². The van der Waals surface area contributed by atoms with E-state index in [2.05, 4.69) is 4.74 Å². The van der Waals surface area contributed by atoms with Crippen LogP contribution in [0.15, 0.2) is 12.3 Å². The molecule has 0 aliphatic heterocycles. The van der Waals surface area contributed by atoms with E-state index in [0.29, 0.717) is 11.6 Å². The lowest BCUT2D eigenvalue weighted by atomic mass is 10.3. The van der Waals surface area contributed by atoms with Gasteiger partial charge in [0.1, 0.15) is 5.69 Å². The van der Waals surface area contributed by atoms with E-state index in [1.165, 1.54) is 7.11 Å². The second kappa shape index (κ2) is 4.48. The van der Waals surface area contributed by atoms with E-state index in [-0.39, 0.29) is 5.69 Å². The Balaban J connectivity index is 3.00. The Kier molecular flexibility index (Phi) is 3.55. The van der Waals surface area contributed by atoms with E-state index >= 15 is 0 Å². The maximum atomic E-state index is 11.3. The van der Waals surface area contributed by atoms with Crippen LogP contribution in [0, 0.1) is 0 Å². The SMILES string of the molecule is COC(=O)c1c(Cl)ccn1CC(C)O. The molecule has 0 aliphatic rings. The fourth-order valence-electron chi connectivity index (χ4n) is 1.19. The van der Waals surface area contributed by atoms with Crippen LogP contribution >= 0.6 is 11.6 Å². The molecule has 1 N–H and O–H groups in total. The monoisotopic (exact) mass is 217 g/mol. The Labute approximate surface area is 87.0 Å². The smallest absolute Gasteiger partial charge is 0.356 e. The van der Waals surface area contributed by atoms with Crippen LogP contribution in [-0.2, 0) is 11.3 Å². The first kappa shape index (κ1) is 11.1. The first-order valence-electron chi connectivity index (χ1n) is 4.17. The van der Waals surface area contributed by atoms with Crippen molar-refractivity contribution in [2.75, 3.05) is 7.11 Å². The van der Waals surface area contributed by atoms with Crippen LogP contribution in [0.2, 0.25) is 5.02 Å². The molecule has 0 bridgehead atoms. The molecule has 0 radical (unpaired) electrons. The summed E-state index contributed by atoms with van der Waals surface area (Å²) in [5, 5.41) is 9.51. The molecule has 0 amide bonds. The van der Waals surface area contributed by atoms with Gasteiger partial charge in [0.05, 0.1) is 18.2 Å². The maximum absolute atomic E-state index is 11.3. The van der Waals surface area contributed by atoms with Crippen molar-refractivity contribution in [3.63, 3.8) is 0 Å². The highest BCUT2D eigenvalue weighted by atomic mass is 35.5. The van der Waals surface area contributed by atoms with Gasteiger partial charge in [-0.3, -0.25) is 0 Å². The van der Waals surface area contributed by atoms with E-state index in [1.807, 2.05) is 0 Å². The summed E-state index contributed by atoms with van der Waals surface area (Å²) < 4.78 is 6.14. The fraction of sp³-hybridized carbons (Fsp3) is 0.444. The topological polar surface area (TPSA) is 51.5 Å². The third kappa shape index (κ3) is 2.27. The van der Waals surface area contributed by atoms with Gasteiger partial charge in [0.2, 0.25) is 0 Å². The number of methoxy groups -OCH3 is 1. The third-order valence-electron chi connectivity index (χ3n) is 1.75. The van der Waals surface area contributed by atoms with Crippen LogP contribution < -0.4 is 0 Å². The van der Waals surface area contributed by atoms with Crippen LogP contribution in [0.1, 0.15) is 17.4 Å². The van der Waals surface area contributed by atoms with Crippen molar-refractivity contribution in [1.29, 1.82) is 0 Å². The van der Waals surface area contributed by atoms with Crippen molar-refractivity contribution in [3.8, 4) is 0 Å². The molecule has 0 aliphatic carbocycles. The zero-order chi connectivity index (χ0) is 10.7. The van der Waals surface area contributed by atoms with Crippen LogP contribution in [-0.4, -0.2) is 28.9 Å². The van der Waals surface area contributed by atoms with Crippen LogP contribution in [0.25, 0.3) is 0 Å². The van der Waals surface area contributed by atoms with E-state index in [4.69, 9.17) is 11.6 Å². The molecule has 1 aromatic heterocycles. The number of aliphatic hydroxyl groups is 1. The highest BCUT2D eigenvalue weighted by Gasteiger charge is 2.16. The zero-order valence-corrected chi connectivity index (χ0v) is 8.78. The molecule has 1 rings (SSSR count). The Hall–Kier alpha value is -1.00.